The van der Waals surface area contributed by atoms with E-state index in [0.717, 1.165) is 19.4 Å². The van der Waals surface area contributed by atoms with Crippen LogP contribution < -0.4 is 0 Å². The van der Waals surface area contributed by atoms with Crippen LogP contribution in [0.3, 0.4) is 0 Å². The lowest BCUT2D eigenvalue weighted by Crippen LogP contribution is -2.06. The second-order valence-corrected chi connectivity index (χ2v) is 5.43. The molecule has 1 aliphatic carbocycles. The average Bonchev–Trinajstić information content (AvgIpc) is 2.81. The first-order valence-electron chi connectivity index (χ1n) is 7.22. The number of hydrogen-bond acceptors (Lipinski definition) is 1. The second-order valence-electron chi connectivity index (χ2n) is 5.43. The number of phenolic OH excluding ortho intramolecular Hbond substituents is 1. The summed E-state index contributed by atoms with van der Waals surface area (Å²) in [6.45, 7) is 3.16. The number of aryl methyl sites for hydroxylation is 3. The van der Waals surface area contributed by atoms with Gasteiger partial charge in [-0.1, -0.05) is 18.2 Å². The highest BCUT2D eigenvalue weighted by Crippen LogP contribution is 2.40. The Morgan fingerprint density at radius 3 is 2.80 bits per heavy atom. The maximum atomic E-state index is 9.70. The van der Waals surface area contributed by atoms with Crippen molar-refractivity contribution in [1.82, 2.24) is 4.57 Å². The fourth-order valence-electron chi connectivity index (χ4n) is 3.54. The third-order valence-electron chi connectivity index (χ3n) is 4.38. The molecule has 1 N–H and O–H groups in total. The normalized spacial score (nSPS) is 13.2. The van der Waals surface area contributed by atoms with E-state index in [4.69, 9.17) is 0 Å². The molecule has 1 aromatic heterocycles. The largest absolute Gasteiger partial charge is 0.508 e. The molecular formula is C18H17NO. The van der Waals surface area contributed by atoms with E-state index < -0.39 is 0 Å². The predicted octanol–water partition coefficient (Wildman–Crippen LogP) is 4.13. The summed E-state index contributed by atoms with van der Waals surface area (Å²) >= 11 is 0. The van der Waals surface area contributed by atoms with Crippen LogP contribution in [0.15, 0.2) is 42.5 Å². The van der Waals surface area contributed by atoms with Crippen LogP contribution >= 0.6 is 0 Å². The number of aromatic nitrogens is 1. The van der Waals surface area contributed by atoms with E-state index in [-0.39, 0.29) is 0 Å². The molecule has 4 rings (SSSR count). The number of fused-ring (bicyclic) bond motifs is 5. The molecule has 0 radical (unpaired) electrons. The fourth-order valence-corrected chi connectivity index (χ4v) is 3.54. The third kappa shape index (κ3) is 1.45. The van der Waals surface area contributed by atoms with E-state index >= 15 is 0 Å². The van der Waals surface area contributed by atoms with Crippen LogP contribution in [-0.2, 0) is 19.4 Å². The molecule has 0 unspecified atom stereocenters. The van der Waals surface area contributed by atoms with Gasteiger partial charge in [-0.05, 0) is 55.2 Å². The zero-order valence-electron chi connectivity index (χ0n) is 11.6. The first kappa shape index (κ1) is 11.6. The first-order chi connectivity index (χ1) is 9.79. The van der Waals surface area contributed by atoms with Gasteiger partial charge in [0, 0.05) is 23.0 Å². The van der Waals surface area contributed by atoms with E-state index in [0.29, 0.717) is 5.75 Å². The van der Waals surface area contributed by atoms with E-state index in [2.05, 4.69) is 41.8 Å². The van der Waals surface area contributed by atoms with Crippen molar-refractivity contribution in [3.05, 3.63) is 53.6 Å². The highest BCUT2D eigenvalue weighted by molar-refractivity contribution is 5.93. The van der Waals surface area contributed by atoms with Gasteiger partial charge in [-0.25, -0.2) is 0 Å². The molecule has 0 bridgehead atoms. The Bertz CT molecular complexity index is 781. The number of nitrogens with zero attached hydrogens (tertiary/aromatic N) is 1. The van der Waals surface area contributed by atoms with Crippen LogP contribution in [0.1, 0.15) is 18.1 Å². The number of benzene rings is 2. The molecule has 0 amide bonds. The summed E-state index contributed by atoms with van der Waals surface area (Å²) in [7, 11) is 0. The maximum Gasteiger partial charge on any atom is 0.115 e. The van der Waals surface area contributed by atoms with E-state index in [9.17, 15) is 5.11 Å². The maximum absolute atomic E-state index is 9.70. The Balaban J connectivity index is 2.12. The van der Waals surface area contributed by atoms with Gasteiger partial charge >= 0.3 is 0 Å². The fraction of sp³-hybridized carbons (Fsp3) is 0.222. The summed E-state index contributed by atoms with van der Waals surface area (Å²) in [6.07, 6.45) is 2.06. The SMILES string of the molecule is CCn1c2c(c3ccccc31)CCc1cc(O)ccc1-2. The van der Waals surface area contributed by atoms with Gasteiger partial charge in [0.1, 0.15) is 5.75 Å². The lowest BCUT2D eigenvalue weighted by Gasteiger charge is -2.19. The predicted molar refractivity (Wildman–Crippen MR) is 82.1 cm³/mol. The molecule has 0 saturated heterocycles. The van der Waals surface area contributed by atoms with Gasteiger partial charge in [0.15, 0.2) is 0 Å². The van der Waals surface area contributed by atoms with Crippen molar-refractivity contribution in [2.75, 3.05) is 0 Å². The minimum atomic E-state index is 0.367. The zero-order valence-corrected chi connectivity index (χ0v) is 11.6. The van der Waals surface area contributed by atoms with Crippen molar-refractivity contribution >= 4 is 10.9 Å². The number of aromatic hydroxyl groups is 1. The van der Waals surface area contributed by atoms with Gasteiger partial charge in [-0.15, -0.1) is 0 Å². The summed E-state index contributed by atoms with van der Waals surface area (Å²) in [5.74, 6) is 0.367. The Labute approximate surface area is 118 Å². The first-order valence-corrected chi connectivity index (χ1v) is 7.22. The van der Waals surface area contributed by atoms with Crippen LogP contribution in [0.5, 0.6) is 5.75 Å². The Kier molecular flexibility index (Phi) is 2.40. The van der Waals surface area contributed by atoms with Crippen molar-refractivity contribution in [3.8, 4) is 17.0 Å². The molecule has 2 nitrogen and oxygen atoms in total. The van der Waals surface area contributed by atoms with Gasteiger partial charge in [0.05, 0.1) is 5.69 Å². The standard InChI is InChI=1S/C18H17NO/c1-2-19-17-6-4-3-5-15(17)16-9-7-12-11-13(20)8-10-14(12)18(16)19/h3-6,8,10-11,20H,2,7,9H2,1H3. The summed E-state index contributed by atoms with van der Waals surface area (Å²) < 4.78 is 2.40. The monoisotopic (exact) mass is 263 g/mol. The van der Waals surface area contributed by atoms with Crippen molar-refractivity contribution in [1.29, 1.82) is 0 Å². The Morgan fingerprint density at radius 2 is 1.95 bits per heavy atom. The van der Waals surface area contributed by atoms with Crippen molar-refractivity contribution in [2.24, 2.45) is 0 Å². The Morgan fingerprint density at radius 1 is 1.10 bits per heavy atom. The minimum Gasteiger partial charge on any atom is -0.508 e. The minimum absolute atomic E-state index is 0.367. The second kappa shape index (κ2) is 4.14. The number of phenols is 1. The molecule has 0 saturated carbocycles. The highest BCUT2D eigenvalue weighted by Gasteiger charge is 2.23. The number of para-hydroxylation sites is 1. The highest BCUT2D eigenvalue weighted by atomic mass is 16.3. The molecule has 2 aromatic carbocycles. The van der Waals surface area contributed by atoms with Crippen LogP contribution in [0.4, 0.5) is 0 Å². The molecule has 100 valence electrons. The van der Waals surface area contributed by atoms with Crippen LogP contribution in [0.2, 0.25) is 0 Å². The lowest BCUT2D eigenvalue weighted by molar-refractivity contribution is 0.474. The molecular weight excluding hydrogens is 246 g/mol. The van der Waals surface area contributed by atoms with Gasteiger partial charge in [-0.3, -0.25) is 0 Å². The summed E-state index contributed by atoms with van der Waals surface area (Å²) in [6, 6.07) is 14.4. The Hall–Kier alpha value is -2.22. The molecule has 20 heavy (non-hydrogen) atoms. The van der Waals surface area contributed by atoms with Crippen molar-refractivity contribution in [3.63, 3.8) is 0 Å². The van der Waals surface area contributed by atoms with Gasteiger partial charge < -0.3 is 9.67 Å². The van der Waals surface area contributed by atoms with Gasteiger partial charge in [0.2, 0.25) is 0 Å². The molecule has 0 atom stereocenters. The van der Waals surface area contributed by atoms with Crippen LogP contribution in [0.25, 0.3) is 22.2 Å². The van der Waals surface area contributed by atoms with E-state index in [1.165, 1.54) is 33.3 Å². The van der Waals surface area contributed by atoms with Crippen molar-refractivity contribution in [2.45, 2.75) is 26.3 Å². The van der Waals surface area contributed by atoms with Crippen LogP contribution in [-0.4, -0.2) is 9.67 Å². The van der Waals surface area contributed by atoms with Crippen LogP contribution in [0, 0.1) is 0 Å². The summed E-state index contributed by atoms with van der Waals surface area (Å²) in [5.41, 5.74) is 6.66. The lowest BCUT2D eigenvalue weighted by atomic mass is 9.89. The van der Waals surface area contributed by atoms with E-state index in [1.54, 1.807) is 6.07 Å². The average molecular weight is 263 g/mol. The van der Waals surface area contributed by atoms with E-state index in [1.807, 2.05) is 6.07 Å². The van der Waals surface area contributed by atoms with Crippen molar-refractivity contribution < 1.29 is 5.11 Å². The topological polar surface area (TPSA) is 25.2 Å². The molecule has 0 aliphatic heterocycles. The number of rotatable bonds is 1. The molecule has 0 spiro atoms. The molecule has 3 aromatic rings. The smallest absolute Gasteiger partial charge is 0.115 e. The summed E-state index contributed by atoms with van der Waals surface area (Å²) in [4.78, 5) is 0. The molecule has 0 fully saturated rings. The molecule has 1 aliphatic rings. The van der Waals surface area contributed by atoms with Gasteiger partial charge in [-0.2, -0.15) is 0 Å². The quantitative estimate of drug-likeness (QED) is 0.701. The van der Waals surface area contributed by atoms with Gasteiger partial charge in [0.25, 0.3) is 0 Å². The number of hydrogen-bond donors (Lipinski definition) is 1. The zero-order chi connectivity index (χ0) is 13.7. The molecule has 2 heteroatoms. The third-order valence-corrected chi connectivity index (χ3v) is 4.38. The summed E-state index contributed by atoms with van der Waals surface area (Å²) in [5, 5.41) is 11.1. The molecule has 1 heterocycles.